The standard InChI is InChI=1S/C29H30N2O5S/c1-5-15-30(20(2)17-28(32)34-3)25-11-12-26(24-9-7-6-8-23(24)25)31(19-29(33)35-4)37-22-10-13-27-21(18-22)14-16-36-27/h1,6-13,18,20H,14-17,19H2,2-4H3/t20-/m0/s1. The largest absolute Gasteiger partial charge is 0.493 e. The Morgan fingerprint density at radius 1 is 1.05 bits per heavy atom. The minimum atomic E-state index is -0.342. The Bertz CT molecular complexity index is 1340. The molecule has 0 unspecified atom stereocenters. The number of carbonyl (C=O) groups excluding carboxylic acids is 2. The van der Waals surface area contributed by atoms with Crippen molar-refractivity contribution in [1.82, 2.24) is 0 Å². The first-order valence-corrected chi connectivity index (χ1v) is 12.8. The normalized spacial score (nSPS) is 12.7. The second kappa shape index (κ2) is 11.9. The van der Waals surface area contributed by atoms with Gasteiger partial charge in [0.1, 0.15) is 12.3 Å². The Hall–Kier alpha value is -3.83. The molecule has 0 radical (unpaired) electrons. The van der Waals surface area contributed by atoms with Gasteiger partial charge in [-0.1, -0.05) is 30.2 Å². The van der Waals surface area contributed by atoms with Crippen LogP contribution in [0.3, 0.4) is 0 Å². The van der Waals surface area contributed by atoms with Gasteiger partial charge >= 0.3 is 11.9 Å². The molecule has 0 amide bonds. The molecular formula is C29H30N2O5S. The number of esters is 2. The number of fused-ring (bicyclic) bond motifs is 2. The van der Waals surface area contributed by atoms with E-state index in [4.69, 9.17) is 20.6 Å². The molecule has 0 N–H and O–H groups in total. The van der Waals surface area contributed by atoms with Crippen molar-refractivity contribution in [1.29, 1.82) is 0 Å². The first-order valence-electron chi connectivity index (χ1n) is 12.0. The van der Waals surface area contributed by atoms with Gasteiger partial charge in [-0.2, -0.15) is 0 Å². The molecule has 0 bridgehead atoms. The predicted octanol–water partition coefficient (Wildman–Crippen LogP) is 4.85. The van der Waals surface area contributed by atoms with E-state index in [1.54, 1.807) is 0 Å². The second-order valence-corrected chi connectivity index (χ2v) is 9.78. The quantitative estimate of drug-likeness (QED) is 0.214. The second-order valence-electron chi connectivity index (χ2n) is 8.68. The molecule has 37 heavy (non-hydrogen) atoms. The van der Waals surface area contributed by atoms with Crippen molar-refractivity contribution in [2.45, 2.75) is 30.7 Å². The van der Waals surface area contributed by atoms with E-state index in [0.717, 1.165) is 44.8 Å². The van der Waals surface area contributed by atoms with Gasteiger partial charge < -0.3 is 23.4 Å². The molecule has 192 valence electrons. The molecule has 1 aliphatic rings. The van der Waals surface area contributed by atoms with Crippen LogP contribution in [-0.4, -0.2) is 51.9 Å². The van der Waals surface area contributed by atoms with E-state index in [2.05, 4.69) is 12.0 Å². The lowest BCUT2D eigenvalue weighted by atomic mass is 10.0. The highest BCUT2D eigenvalue weighted by molar-refractivity contribution is 8.00. The van der Waals surface area contributed by atoms with E-state index >= 15 is 0 Å². The Balaban J connectivity index is 1.75. The summed E-state index contributed by atoms with van der Waals surface area (Å²) in [5.41, 5.74) is 2.94. The summed E-state index contributed by atoms with van der Waals surface area (Å²) in [5.74, 6) is 2.99. The Labute approximate surface area is 221 Å². The molecule has 8 heteroatoms. The Morgan fingerprint density at radius 2 is 1.76 bits per heavy atom. The van der Waals surface area contributed by atoms with Crippen LogP contribution in [-0.2, 0) is 25.5 Å². The van der Waals surface area contributed by atoms with Gasteiger partial charge in [-0.05, 0) is 54.8 Å². The van der Waals surface area contributed by atoms with Gasteiger partial charge in [0.25, 0.3) is 0 Å². The maximum absolute atomic E-state index is 12.4. The molecule has 0 fully saturated rings. The van der Waals surface area contributed by atoms with Gasteiger partial charge in [0.15, 0.2) is 0 Å². The molecule has 7 nitrogen and oxygen atoms in total. The van der Waals surface area contributed by atoms with Crippen molar-refractivity contribution in [3.63, 3.8) is 0 Å². The average molecular weight is 519 g/mol. The number of carbonyl (C=O) groups is 2. The fourth-order valence-corrected chi connectivity index (χ4v) is 5.45. The maximum Gasteiger partial charge on any atom is 0.326 e. The molecule has 0 spiro atoms. The molecule has 1 aliphatic heterocycles. The molecular weight excluding hydrogens is 488 g/mol. The third-order valence-corrected chi connectivity index (χ3v) is 7.33. The third kappa shape index (κ3) is 5.95. The number of rotatable bonds is 10. The van der Waals surface area contributed by atoms with Crippen LogP contribution in [0.1, 0.15) is 18.9 Å². The average Bonchev–Trinajstić information content (AvgIpc) is 3.38. The van der Waals surface area contributed by atoms with E-state index in [-0.39, 0.29) is 30.9 Å². The lowest BCUT2D eigenvalue weighted by molar-refractivity contribution is -0.141. The first-order chi connectivity index (χ1) is 17.9. The predicted molar refractivity (Wildman–Crippen MR) is 147 cm³/mol. The summed E-state index contributed by atoms with van der Waals surface area (Å²) < 4.78 is 17.5. The van der Waals surface area contributed by atoms with Crippen LogP contribution >= 0.6 is 11.9 Å². The van der Waals surface area contributed by atoms with Gasteiger partial charge in [0, 0.05) is 33.8 Å². The van der Waals surface area contributed by atoms with Crippen molar-refractivity contribution < 1.29 is 23.8 Å². The van der Waals surface area contributed by atoms with Gasteiger partial charge in [-0.25, -0.2) is 0 Å². The SMILES string of the molecule is C#CCN(c1ccc(N(CC(=O)OC)Sc2ccc3c(c2)CCO3)c2ccccc12)[C@@H](C)CC(=O)OC. The van der Waals surface area contributed by atoms with Crippen LogP contribution in [0.2, 0.25) is 0 Å². The smallest absolute Gasteiger partial charge is 0.326 e. The zero-order chi connectivity index (χ0) is 26.4. The maximum atomic E-state index is 12.4. The van der Waals surface area contributed by atoms with Crippen LogP contribution in [0.5, 0.6) is 5.75 Å². The number of anilines is 2. The van der Waals surface area contributed by atoms with Crippen LogP contribution in [0.4, 0.5) is 11.4 Å². The number of ether oxygens (including phenoxy) is 3. The lowest BCUT2D eigenvalue weighted by Crippen LogP contribution is -2.35. The van der Waals surface area contributed by atoms with Gasteiger partial charge in [0.05, 0.1) is 39.5 Å². The summed E-state index contributed by atoms with van der Waals surface area (Å²) >= 11 is 1.48. The summed E-state index contributed by atoms with van der Waals surface area (Å²) in [4.78, 5) is 27.4. The van der Waals surface area contributed by atoms with Gasteiger partial charge in [-0.15, -0.1) is 6.42 Å². The monoisotopic (exact) mass is 518 g/mol. The van der Waals surface area contributed by atoms with E-state index in [1.165, 1.54) is 26.2 Å². The van der Waals surface area contributed by atoms with Crippen molar-refractivity contribution >= 4 is 46.0 Å². The van der Waals surface area contributed by atoms with Gasteiger partial charge in [0.2, 0.25) is 0 Å². The minimum Gasteiger partial charge on any atom is -0.493 e. The molecule has 0 aromatic heterocycles. The molecule has 1 atom stereocenters. The highest BCUT2D eigenvalue weighted by Crippen LogP contribution is 2.40. The summed E-state index contributed by atoms with van der Waals surface area (Å²) in [5, 5.41) is 1.91. The van der Waals surface area contributed by atoms with Gasteiger partial charge in [-0.3, -0.25) is 9.59 Å². The van der Waals surface area contributed by atoms with Crippen LogP contribution < -0.4 is 13.9 Å². The first kappa shape index (κ1) is 26.2. The number of hydrogen-bond acceptors (Lipinski definition) is 8. The van der Waals surface area contributed by atoms with Crippen molar-refractivity contribution in [2.75, 3.05) is 43.1 Å². The van der Waals surface area contributed by atoms with Crippen LogP contribution in [0, 0.1) is 12.3 Å². The summed E-state index contributed by atoms with van der Waals surface area (Å²) in [6.45, 7) is 3.03. The number of methoxy groups -OCH3 is 2. The highest BCUT2D eigenvalue weighted by Gasteiger charge is 2.23. The molecule has 1 heterocycles. The van der Waals surface area contributed by atoms with Crippen LogP contribution in [0.15, 0.2) is 59.5 Å². The summed E-state index contributed by atoms with van der Waals surface area (Å²) in [6.07, 6.45) is 6.78. The zero-order valence-electron chi connectivity index (χ0n) is 21.2. The molecule has 4 rings (SSSR count). The number of hydrogen-bond donors (Lipinski definition) is 0. The molecule has 3 aromatic carbocycles. The molecule has 0 saturated carbocycles. The lowest BCUT2D eigenvalue weighted by Gasteiger charge is -2.31. The van der Waals surface area contributed by atoms with Crippen molar-refractivity contribution in [3.05, 3.63) is 60.2 Å². The number of terminal acetylenes is 1. The summed E-state index contributed by atoms with van der Waals surface area (Å²) in [7, 11) is 2.77. The Kier molecular flexibility index (Phi) is 8.47. The van der Waals surface area contributed by atoms with E-state index in [0.29, 0.717) is 13.2 Å². The fourth-order valence-electron chi connectivity index (χ4n) is 4.44. The molecule has 0 saturated heterocycles. The minimum absolute atomic E-state index is 0.0604. The topological polar surface area (TPSA) is 68.3 Å². The highest BCUT2D eigenvalue weighted by atomic mass is 32.2. The fraction of sp³-hybridized carbons (Fsp3) is 0.310. The van der Waals surface area contributed by atoms with Crippen molar-refractivity contribution in [3.8, 4) is 18.1 Å². The number of nitrogens with zero attached hydrogens (tertiary/aromatic N) is 2. The number of benzene rings is 3. The van der Waals surface area contributed by atoms with E-state index in [1.807, 2.05) is 64.7 Å². The van der Waals surface area contributed by atoms with Crippen LogP contribution in [0.25, 0.3) is 10.8 Å². The summed E-state index contributed by atoms with van der Waals surface area (Å²) in [6, 6.07) is 17.9. The molecule has 3 aromatic rings. The van der Waals surface area contributed by atoms with E-state index in [9.17, 15) is 9.59 Å². The third-order valence-electron chi connectivity index (χ3n) is 6.32. The molecule has 0 aliphatic carbocycles. The van der Waals surface area contributed by atoms with Crippen molar-refractivity contribution in [2.24, 2.45) is 0 Å². The Morgan fingerprint density at radius 3 is 2.46 bits per heavy atom. The zero-order valence-corrected chi connectivity index (χ0v) is 22.0. The van der Waals surface area contributed by atoms with E-state index < -0.39 is 0 Å².